The number of carbonyl (C=O) groups is 3. The van der Waals surface area contributed by atoms with E-state index >= 15 is 0 Å². The molecule has 0 aromatic rings. The second-order valence-corrected chi connectivity index (χ2v) is 5.61. The maximum absolute atomic E-state index is 12.2. The second kappa shape index (κ2) is 6.21. The van der Waals surface area contributed by atoms with Gasteiger partial charge in [-0.15, -0.1) is 0 Å². The SMILES string of the molecule is COC(=O)CC1CC(C(=O)OC)C(=O)N1OC(C)(C)C. The van der Waals surface area contributed by atoms with E-state index < -0.39 is 35.4 Å². The zero-order chi connectivity index (χ0) is 15.5. The van der Waals surface area contributed by atoms with E-state index in [9.17, 15) is 14.4 Å². The van der Waals surface area contributed by atoms with Gasteiger partial charge in [0.05, 0.1) is 32.3 Å². The fourth-order valence-corrected chi connectivity index (χ4v) is 2.00. The summed E-state index contributed by atoms with van der Waals surface area (Å²) in [5.74, 6) is -2.50. The second-order valence-electron chi connectivity index (χ2n) is 5.61. The zero-order valence-corrected chi connectivity index (χ0v) is 12.5. The highest BCUT2D eigenvalue weighted by Crippen LogP contribution is 2.30. The molecule has 0 aromatic carbocycles. The van der Waals surface area contributed by atoms with Crippen LogP contribution in [0.5, 0.6) is 0 Å². The van der Waals surface area contributed by atoms with Crippen LogP contribution in [0.3, 0.4) is 0 Å². The maximum Gasteiger partial charge on any atom is 0.318 e. The van der Waals surface area contributed by atoms with Gasteiger partial charge in [0, 0.05) is 0 Å². The Balaban J connectivity index is 2.91. The van der Waals surface area contributed by atoms with Crippen molar-refractivity contribution in [2.75, 3.05) is 14.2 Å². The molecule has 1 rings (SSSR count). The molecule has 20 heavy (non-hydrogen) atoms. The molecule has 0 radical (unpaired) electrons. The number of amides is 1. The Labute approximate surface area is 118 Å². The van der Waals surface area contributed by atoms with Gasteiger partial charge < -0.3 is 9.47 Å². The van der Waals surface area contributed by atoms with Crippen LogP contribution < -0.4 is 0 Å². The monoisotopic (exact) mass is 287 g/mol. The quantitative estimate of drug-likeness (QED) is 0.558. The summed E-state index contributed by atoms with van der Waals surface area (Å²) < 4.78 is 9.20. The van der Waals surface area contributed by atoms with Crippen LogP contribution in [-0.4, -0.2) is 48.8 Å². The van der Waals surface area contributed by atoms with Crippen molar-refractivity contribution in [3.63, 3.8) is 0 Å². The first-order valence-electron chi connectivity index (χ1n) is 6.36. The summed E-state index contributed by atoms with van der Waals surface area (Å²) in [4.78, 5) is 40.8. The molecule has 0 bridgehead atoms. The molecule has 1 fully saturated rings. The Morgan fingerprint density at radius 2 is 1.85 bits per heavy atom. The summed E-state index contributed by atoms with van der Waals surface area (Å²) >= 11 is 0. The van der Waals surface area contributed by atoms with Crippen molar-refractivity contribution in [1.82, 2.24) is 5.06 Å². The van der Waals surface area contributed by atoms with E-state index in [0.29, 0.717) is 0 Å². The number of carbonyl (C=O) groups excluding carboxylic acids is 3. The molecule has 1 aliphatic rings. The van der Waals surface area contributed by atoms with Crippen LogP contribution in [0.1, 0.15) is 33.6 Å². The molecule has 2 atom stereocenters. The summed E-state index contributed by atoms with van der Waals surface area (Å²) in [6.45, 7) is 5.34. The first-order valence-corrected chi connectivity index (χ1v) is 6.36. The van der Waals surface area contributed by atoms with Gasteiger partial charge in [0.2, 0.25) is 0 Å². The number of hydroxylamine groups is 2. The molecule has 1 heterocycles. The molecule has 2 unspecified atom stereocenters. The number of nitrogens with zero attached hydrogens (tertiary/aromatic N) is 1. The molecule has 114 valence electrons. The molecular weight excluding hydrogens is 266 g/mol. The van der Waals surface area contributed by atoms with Crippen molar-refractivity contribution >= 4 is 17.8 Å². The number of esters is 2. The van der Waals surface area contributed by atoms with Gasteiger partial charge in [-0.2, -0.15) is 0 Å². The van der Waals surface area contributed by atoms with Gasteiger partial charge in [0.25, 0.3) is 5.91 Å². The molecule has 7 nitrogen and oxygen atoms in total. The lowest BCUT2D eigenvalue weighted by atomic mass is 10.0. The van der Waals surface area contributed by atoms with Gasteiger partial charge in [-0.25, -0.2) is 5.06 Å². The van der Waals surface area contributed by atoms with Crippen LogP contribution in [0.25, 0.3) is 0 Å². The molecule has 0 aromatic heterocycles. The molecule has 0 saturated carbocycles. The minimum atomic E-state index is -0.933. The van der Waals surface area contributed by atoms with E-state index in [0.717, 1.165) is 5.06 Å². The molecule has 0 N–H and O–H groups in total. The fraction of sp³-hybridized carbons (Fsp3) is 0.769. The third-order valence-electron chi connectivity index (χ3n) is 2.84. The third kappa shape index (κ3) is 3.93. The maximum atomic E-state index is 12.2. The zero-order valence-electron chi connectivity index (χ0n) is 12.5. The number of hydrogen-bond acceptors (Lipinski definition) is 6. The number of rotatable bonds is 4. The highest BCUT2D eigenvalue weighted by Gasteiger charge is 2.47. The van der Waals surface area contributed by atoms with Crippen molar-refractivity contribution < 1.29 is 28.7 Å². The lowest BCUT2D eigenvalue weighted by molar-refractivity contribution is -0.234. The average molecular weight is 287 g/mol. The lowest BCUT2D eigenvalue weighted by Crippen LogP contribution is -2.41. The van der Waals surface area contributed by atoms with E-state index in [-0.39, 0.29) is 12.8 Å². The van der Waals surface area contributed by atoms with Crippen molar-refractivity contribution in [2.24, 2.45) is 5.92 Å². The molecular formula is C13H21NO6. The first kappa shape index (κ1) is 16.4. The van der Waals surface area contributed by atoms with Gasteiger partial charge in [-0.1, -0.05) is 0 Å². The predicted molar refractivity (Wildman–Crippen MR) is 68.2 cm³/mol. The van der Waals surface area contributed by atoms with Crippen LogP contribution in [-0.2, 0) is 28.7 Å². The van der Waals surface area contributed by atoms with Crippen LogP contribution >= 0.6 is 0 Å². The minimum Gasteiger partial charge on any atom is -0.469 e. The van der Waals surface area contributed by atoms with Crippen LogP contribution in [0, 0.1) is 5.92 Å². The van der Waals surface area contributed by atoms with Crippen molar-refractivity contribution in [1.29, 1.82) is 0 Å². The van der Waals surface area contributed by atoms with E-state index in [1.807, 2.05) is 0 Å². The minimum absolute atomic E-state index is 0.0220. The summed E-state index contributed by atoms with van der Waals surface area (Å²) in [5, 5.41) is 1.11. The molecule has 0 aliphatic carbocycles. The van der Waals surface area contributed by atoms with E-state index in [2.05, 4.69) is 9.47 Å². The highest BCUT2D eigenvalue weighted by atomic mass is 16.7. The van der Waals surface area contributed by atoms with Crippen molar-refractivity contribution in [3.05, 3.63) is 0 Å². The number of ether oxygens (including phenoxy) is 2. The van der Waals surface area contributed by atoms with Crippen LogP contribution in [0.4, 0.5) is 0 Å². The normalized spacial score (nSPS) is 22.9. The largest absolute Gasteiger partial charge is 0.469 e. The first-order chi connectivity index (χ1) is 9.19. The molecule has 1 amide bonds. The van der Waals surface area contributed by atoms with Gasteiger partial charge in [-0.3, -0.25) is 19.2 Å². The van der Waals surface area contributed by atoms with Gasteiger partial charge >= 0.3 is 11.9 Å². The van der Waals surface area contributed by atoms with Gasteiger partial charge in [-0.05, 0) is 27.2 Å². The summed E-state index contributed by atoms with van der Waals surface area (Å²) in [6, 6.07) is -0.529. The third-order valence-corrected chi connectivity index (χ3v) is 2.84. The Morgan fingerprint density at radius 1 is 1.25 bits per heavy atom. The van der Waals surface area contributed by atoms with Crippen molar-refractivity contribution in [3.8, 4) is 0 Å². The summed E-state index contributed by atoms with van der Waals surface area (Å²) in [7, 11) is 2.49. The van der Waals surface area contributed by atoms with Gasteiger partial charge in [0.15, 0.2) is 0 Å². The number of methoxy groups -OCH3 is 2. The Hall–Kier alpha value is -1.63. The Morgan fingerprint density at radius 3 is 2.30 bits per heavy atom. The topological polar surface area (TPSA) is 82.1 Å². The van der Waals surface area contributed by atoms with E-state index in [1.54, 1.807) is 20.8 Å². The Kier molecular flexibility index (Phi) is 5.10. The van der Waals surface area contributed by atoms with Crippen LogP contribution in [0.2, 0.25) is 0 Å². The average Bonchev–Trinajstić information content (AvgIpc) is 2.64. The summed E-state index contributed by atoms with van der Waals surface area (Å²) in [5.41, 5.74) is -0.616. The highest BCUT2D eigenvalue weighted by molar-refractivity contribution is 5.99. The fourth-order valence-electron chi connectivity index (χ4n) is 2.00. The predicted octanol–water partition coefficient (Wildman–Crippen LogP) is 0.670. The Bertz CT molecular complexity index is 400. The lowest BCUT2D eigenvalue weighted by Gasteiger charge is -2.30. The molecule has 1 aliphatic heterocycles. The molecule has 7 heteroatoms. The van der Waals surface area contributed by atoms with Crippen molar-refractivity contribution in [2.45, 2.75) is 45.3 Å². The molecule has 0 spiro atoms. The van der Waals surface area contributed by atoms with Gasteiger partial charge in [0.1, 0.15) is 5.92 Å². The van der Waals surface area contributed by atoms with E-state index in [4.69, 9.17) is 4.84 Å². The van der Waals surface area contributed by atoms with E-state index in [1.165, 1.54) is 14.2 Å². The molecule has 1 saturated heterocycles. The standard InChI is InChI=1S/C13H21NO6/c1-13(2,3)20-14-8(7-10(15)18-4)6-9(11(14)16)12(17)19-5/h8-9H,6-7H2,1-5H3. The van der Waals surface area contributed by atoms with Crippen LogP contribution in [0.15, 0.2) is 0 Å². The smallest absolute Gasteiger partial charge is 0.318 e. The summed E-state index contributed by atoms with van der Waals surface area (Å²) in [6.07, 6.45) is 0.155. The number of hydrogen-bond donors (Lipinski definition) is 0.